The van der Waals surface area contributed by atoms with E-state index in [1.54, 1.807) is 6.20 Å². The van der Waals surface area contributed by atoms with E-state index in [2.05, 4.69) is 10.3 Å². The lowest BCUT2D eigenvalue weighted by Crippen LogP contribution is -2.15. The SMILES string of the molecule is Nc1cccnc1NCC1CCOC1. The molecule has 1 unspecified atom stereocenters. The van der Waals surface area contributed by atoms with E-state index in [1.807, 2.05) is 12.1 Å². The fourth-order valence-electron chi connectivity index (χ4n) is 1.55. The van der Waals surface area contributed by atoms with Gasteiger partial charge in [-0.15, -0.1) is 0 Å². The minimum Gasteiger partial charge on any atom is -0.396 e. The maximum Gasteiger partial charge on any atom is 0.149 e. The lowest BCUT2D eigenvalue weighted by molar-refractivity contribution is 0.187. The van der Waals surface area contributed by atoms with Crippen molar-refractivity contribution in [3.8, 4) is 0 Å². The highest BCUT2D eigenvalue weighted by Crippen LogP contribution is 2.16. The van der Waals surface area contributed by atoms with E-state index in [1.165, 1.54) is 0 Å². The number of hydrogen-bond donors (Lipinski definition) is 2. The van der Waals surface area contributed by atoms with Crippen LogP contribution in [0, 0.1) is 5.92 Å². The smallest absolute Gasteiger partial charge is 0.149 e. The Balaban J connectivity index is 1.88. The van der Waals surface area contributed by atoms with Gasteiger partial charge >= 0.3 is 0 Å². The van der Waals surface area contributed by atoms with E-state index in [0.29, 0.717) is 11.6 Å². The van der Waals surface area contributed by atoms with Crippen molar-refractivity contribution in [3.63, 3.8) is 0 Å². The van der Waals surface area contributed by atoms with E-state index in [9.17, 15) is 0 Å². The molecular formula is C10H15N3O. The first-order chi connectivity index (χ1) is 6.86. The molecule has 1 aliphatic rings. The minimum absolute atomic E-state index is 0.594. The van der Waals surface area contributed by atoms with Crippen molar-refractivity contribution in [1.82, 2.24) is 4.98 Å². The highest BCUT2D eigenvalue weighted by atomic mass is 16.5. The molecule has 0 aromatic carbocycles. The number of hydrogen-bond acceptors (Lipinski definition) is 4. The van der Waals surface area contributed by atoms with Gasteiger partial charge in [-0.05, 0) is 18.6 Å². The van der Waals surface area contributed by atoms with E-state index < -0.39 is 0 Å². The van der Waals surface area contributed by atoms with Crippen LogP contribution < -0.4 is 11.1 Å². The second kappa shape index (κ2) is 4.28. The molecular weight excluding hydrogens is 178 g/mol. The van der Waals surface area contributed by atoms with Crippen molar-refractivity contribution in [2.45, 2.75) is 6.42 Å². The number of aromatic nitrogens is 1. The molecule has 1 atom stereocenters. The first-order valence-corrected chi connectivity index (χ1v) is 4.88. The molecule has 1 fully saturated rings. The summed E-state index contributed by atoms with van der Waals surface area (Å²) >= 11 is 0. The number of ether oxygens (including phenoxy) is 1. The fraction of sp³-hybridized carbons (Fsp3) is 0.500. The molecule has 2 heterocycles. The highest BCUT2D eigenvalue weighted by Gasteiger charge is 2.15. The Labute approximate surface area is 83.5 Å². The van der Waals surface area contributed by atoms with Crippen molar-refractivity contribution in [3.05, 3.63) is 18.3 Å². The zero-order chi connectivity index (χ0) is 9.80. The van der Waals surface area contributed by atoms with Gasteiger partial charge in [0.25, 0.3) is 0 Å². The van der Waals surface area contributed by atoms with Gasteiger partial charge in [0.05, 0.1) is 12.3 Å². The zero-order valence-electron chi connectivity index (χ0n) is 8.07. The Morgan fingerprint density at radius 1 is 1.64 bits per heavy atom. The summed E-state index contributed by atoms with van der Waals surface area (Å²) in [5.74, 6) is 1.37. The van der Waals surface area contributed by atoms with E-state index in [-0.39, 0.29) is 0 Å². The van der Waals surface area contributed by atoms with Gasteiger partial charge in [-0.1, -0.05) is 0 Å². The van der Waals surface area contributed by atoms with Crippen LogP contribution in [0.1, 0.15) is 6.42 Å². The van der Waals surface area contributed by atoms with Gasteiger partial charge in [0.15, 0.2) is 0 Å². The lowest BCUT2D eigenvalue weighted by atomic mass is 10.1. The number of anilines is 2. The molecule has 14 heavy (non-hydrogen) atoms. The van der Waals surface area contributed by atoms with Gasteiger partial charge in [-0.25, -0.2) is 4.98 Å². The molecule has 1 aromatic rings. The Kier molecular flexibility index (Phi) is 2.84. The highest BCUT2D eigenvalue weighted by molar-refractivity contribution is 5.60. The average Bonchev–Trinajstić information content (AvgIpc) is 2.69. The fourth-order valence-corrected chi connectivity index (χ4v) is 1.55. The standard InChI is InChI=1S/C10H15N3O/c11-9-2-1-4-12-10(9)13-6-8-3-5-14-7-8/h1-2,4,8H,3,5-7,11H2,(H,12,13). The number of rotatable bonds is 3. The molecule has 0 radical (unpaired) electrons. The maximum absolute atomic E-state index is 5.75. The molecule has 1 saturated heterocycles. The first-order valence-electron chi connectivity index (χ1n) is 4.88. The van der Waals surface area contributed by atoms with Crippen LogP contribution in [0.3, 0.4) is 0 Å². The van der Waals surface area contributed by atoms with Gasteiger partial charge in [0.2, 0.25) is 0 Å². The average molecular weight is 193 g/mol. The van der Waals surface area contributed by atoms with E-state index in [0.717, 1.165) is 32.0 Å². The molecule has 0 saturated carbocycles. The van der Waals surface area contributed by atoms with Gasteiger partial charge in [-0.3, -0.25) is 0 Å². The summed E-state index contributed by atoms with van der Waals surface area (Å²) in [4.78, 5) is 4.16. The van der Waals surface area contributed by atoms with Crippen LogP contribution in [0.2, 0.25) is 0 Å². The molecule has 2 rings (SSSR count). The van der Waals surface area contributed by atoms with Crippen molar-refractivity contribution >= 4 is 11.5 Å². The summed E-state index contributed by atoms with van der Waals surface area (Å²) in [6.07, 6.45) is 2.86. The summed E-state index contributed by atoms with van der Waals surface area (Å²) in [5.41, 5.74) is 6.45. The third-order valence-electron chi connectivity index (χ3n) is 2.42. The minimum atomic E-state index is 0.594. The zero-order valence-corrected chi connectivity index (χ0v) is 8.07. The maximum atomic E-state index is 5.75. The molecule has 1 aliphatic heterocycles. The monoisotopic (exact) mass is 193 g/mol. The topological polar surface area (TPSA) is 60.2 Å². The van der Waals surface area contributed by atoms with Crippen LogP contribution in [0.5, 0.6) is 0 Å². The van der Waals surface area contributed by atoms with E-state index >= 15 is 0 Å². The number of nitrogens with one attached hydrogen (secondary N) is 1. The molecule has 4 nitrogen and oxygen atoms in total. The Morgan fingerprint density at radius 2 is 2.57 bits per heavy atom. The molecule has 0 amide bonds. The summed E-state index contributed by atoms with van der Waals surface area (Å²) < 4.78 is 5.28. The normalized spacial score (nSPS) is 21.0. The Morgan fingerprint density at radius 3 is 3.29 bits per heavy atom. The molecule has 4 heteroatoms. The van der Waals surface area contributed by atoms with Crippen molar-refractivity contribution in [2.24, 2.45) is 5.92 Å². The quantitative estimate of drug-likeness (QED) is 0.755. The van der Waals surface area contributed by atoms with Gasteiger partial charge < -0.3 is 15.8 Å². The lowest BCUT2D eigenvalue weighted by Gasteiger charge is -2.11. The molecule has 0 spiro atoms. The molecule has 0 aliphatic carbocycles. The van der Waals surface area contributed by atoms with Gasteiger partial charge in [-0.2, -0.15) is 0 Å². The summed E-state index contributed by atoms with van der Waals surface area (Å²) in [6.45, 7) is 2.62. The number of nitrogens with zero attached hydrogens (tertiary/aromatic N) is 1. The number of nitrogens with two attached hydrogens (primary N) is 1. The van der Waals surface area contributed by atoms with Crippen LogP contribution in [-0.2, 0) is 4.74 Å². The second-order valence-electron chi connectivity index (χ2n) is 3.55. The van der Waals surface area contributed by atoms with Gasteiger partial charge in [0, 0.05) is 25.3 Å². The van der Waals surface area contributed by atoms with Crippen LogP contribution in [0.4, 0.5) is 11.5 Å². The van der Waals surface area contributed by atoms with Crippen molar-refractivity contribution in [2.75, 3.05) is 30.8 Å². The summed E-state index contributed by atoms with van der Waals surface area (Å²) in [7, 11) is 0. The molecule has 76 valence electrons. The van der Waals surface area contributed by atoms with Crippen LogP contribution >= 0.6 is 0 Å². The molecule has 1 aromatic heterocycles. The largest absolute Gasteiger partial charge is 0.396 e. The van der Waals surface area contributed by atoms with Gasteiger partial charge in [0.1, 0.15) is 5.82 Å². The number of pyridine rings is 1. The van der Waals surface area contributed by atoms with Crippen LogP contribution in [0.25, 0.3) is 0 Å². The summed E-state index contributed by atoms with van der Waals surface area (Å²) in [6, 6.07) is 3.68. The predicted molar refractivity (Wildman–Crippen MR) is 56.1 cm³/mol. The third kappa shape index (κ3) is 2.14. The van der Waals surface area contributed by atoms with Crippen LogP contribution in [0.15, 0.2) is 18.3 Å². The van der Waals surface area contributed by atoms with Crippen molar-refractivity contribution < 1.29 is 4.74 Å². The van der Waals surface area contributed by atoms with Crippen molar-refractivity contribution in [1.29, 1.82) is 0 Å². The molecule has 3 N–H and O–H groups in total. The molecule has 0 bridgehead atoms. The predicted octanol–water partition coefficient (Wildman–Crippen LogP) is 1.11. The Hall–Kier alpha value is -1.29. The number of nitrogen functional groups attached to an aromatic ring is 1. The van der Waals surface area contributed by atoms with Crippen LogP contribution in [-0.4, -0.2) is 24.7 Å². The van der Waals surface area contributed by atoms with E-state index in [4.69, 9.17) is 10.5 Å². The third-order valence-corrected chi connectivity index (χ3v) is 2.42. The first kappa shape index (κ1) is 9.27. The summed E-state index contributed by atoms with van der Waals surface area (Å²) in [5, 5.41) is 3.24. The second-order valence-corrected chi connectivity index (χ2v) is 3.55. The Bertz CT molecular complexity index is 297.